The van der Waals surface area contributed by atoms with E-state index in [1.165, 1.54) is 0 Å². The molecule has 1 aliphatic carbocycles. The number of carbonyl (C=O) groups is 2. The van der Waals surface area contributed by atoms with Crippen LogP contribution in [0.5, 0.6) is 0 Å². The van der Waals surface area contributed by atoms with Gasteiger partial charge >= 0.3 is 11.9 Å². The van der Waals surface area contributed by atoms with Gasteiger partial charge in [-0.2, -0.15) is 0 Å². The average Bonchev–Trinajstić information content (AvgIpc) is 1.92. The van der Waals surface area contributed by atoms with Gasteiger partial charge in [0.05, 0.1) is 0 Å². The number of hydrogen-bond donors (Lipinski definition) is 0. The highest BCUT2D eigenvalue weighted by Crippen LogP contribution is 2.36. The molecule has 2 fully saturated rings. The summed E-state index contributed by atoms with van der Waals surface area (Å²) in [7, 11) is 0. The third kappa shape index (κ3) is 0.818. The lowest BCUT2D eigenvalue weighted by molar-refractivity contribution is -0.263. The van der Waals surface area contributed by atoms with Gasteiger partial charge in [-0.15, -0.1) is 0 Å². The molecular weight excluding hydrogens is 148 g/mol. The predicted octanol–water partition coefficient (Wildman–Crippen LogP) is 0.993. The van der Waals surface area contributed by atoms with E-state index in [1.54, 1.807) is 0 Å². The molecular formula is C7H8O4. The lowest BCUT2D eigenvalue weighted by atomic mass is 9.92. The van der Waals surface area contributed by atoms with Crippen molar-refractivity contribution in [2.24, 2.45) is 0 Å². The molecule has 11 heavy (non-hydrogen) atoms. The van der Waals surface area contributed by atoms with Crippen molar-refractivity contribution in [2.75, 3.05) is 0 Å². The van der Waals surface area contributed by atoms with Crippen LogP contribution in [0.3, 0.4) is 0 Å². The molecule has 2 aliphatic rings. The van der Waals surface area contributed by atoms with Crippen molar-refractivity contribution < 1.29 is 19.1 Å². The number of ether oxygens (including phenoxy) is 2. The van der Waals surface area contributed by atoms with Crippen LogP contribution >= 0.6 is 0 Å². The molecule has 0 aromatic rings. The molecule has 0 unspecified atom stereocenters. The Morgan fingerprint density at radius 2 is 1.91 bits per heavy atom. The maximum absolute atomic E-state index is 11.1. The van der Waals surface area contributed by atoms with Gasteiger partial charge in [0.15, 0.2) is 0 Å². The molecule has 4 nitrogen and oxygen atoms in total. The summed E-state index contributed by atoms with van der Waals surface area (Å²) in [5.74, 6) is -1.25. The van der Waals surface area contributed by atoms with Gasteiger partial charge in [0.2, 0.25) is 5.78 Å². The van der Waals surface area contributed by atoms with Crippen LogP contribution in [-0.2, 0) is 14.3 Å². The summed E-state index contributed by atoms with van der Waals surface area (Å²) < 4.78 is 9.34. The summed E-state index contributed by atoms with van der Waals surface area (Å²) >= 11 is 0. The minimum atomic E-state index is -1.16. The van der Waals surface area contributed by atoms with Crippen LogP contribution in [0.25, 0.3) is 0 Å². The topological polar surface area (TPSA) is 52.6 Å². The van der Waals surface area contributed by atoms with Crippen LogP contribution in [0.2, 0.25) is 0 Å². The van der Waals surface area contributed by atoms with E-state index in [9.17, 15) is 9.59 Å². The molecule has 0 atom stereocenters. The van der Waals surface area contributed by atoms with Crippen LogP contribution < -0.4 is 0 Å². The Morgan fingerprint density at radius 1 is 1.18 bits per heavy atom. The number of ketones is 1. The SMILES string of the molecule is O=C1OC2(CCCCC2=O)O1. The lowest BCUT2D eigenvalue weighted by Crippen LogP contribution is -2.57. The molecule has 1 saturated carbocycles. The van der Waals surface area contributed by atoms with Crippen LogP contribution in [0.15, 0.2) is 0 Å². The van der Waals surface area contributed by atoms with Crippen molar-refractivity contribution in [2.45, 2.75) is 31.5 Å². The molecule has 1 saturated heterocycles. The zero-order chi connectivity index (χ0) is 7.90. The largest absolute Gasteiger partial charge is 0.515 e. The van der Waals surface area contributed by atoms with E-state index >= 15 is 0 Å². The summed E-state index contributed by atoms with van der Waals surface area (Å²) in [6, 6.07) is 0. The van der Waals surface area contributed by atoms with Gasteiger partial charge < -0.3 is 9.47 Å². The van der Waals surface area contributed by atoms with Crippen LogP contribution in [-0.4, -0.2) is 17.7 Å². The maximum Gasteiger partial charge on any atom is 0.515 e. The fourth-order valence-corrected chi connectivity index (χ4v) is 1.47. The first-order valence-electron chi connectivity index (χ1n) is 3.68. The van der Waals surface area contributed by atoms with Gasteiger partial charge in [0.25, 0.3) is 0 Å². The number of carbonyl (C=O) groups excluding carboxylic acids is 2. The molecule has 1 aliphatic heterocycles. The minimum absolute atomic E-state index is 0.0941. The van der Waals surface area contributed by atoms with E-state index in [4.69, 9.17) is 0 Å². The monoisotopic (exact) mass is 156 g/mol. The molecule has 4 heteroatoms. The molecule has 0 aromatic carbocycles. The smallest absolute Gasteiger partial charge is 0.383 e. The second kappa shape index (κ2) is 1.96. The van der Waals surface area contributed by atoms with E-state index in [1.807, 2.05) is 0 Å². The van der Waals surface area contributed by atoms with Crippen molar-refractivity contribution in [3.63, 3.8) is 0 Å². The first-order valence-corrected chi connectivity index (χ1v) is 3.68. The molecule has 60 valence electrons. The Hall–Kier alpha value is -1.06. The van der Waals surface area contributed by atoms with Gasteiger partial charge in [-0.05, 0) is 12.8 Å². The van der Waals surface area contributed by atoms with E-state index in [0.717, 1.165) is 12.8 Å². The Labute approximate surface area is 63.5 Å². The van der Waals surface area contributed by atoms with Gasteiger partial charge in [0, 0.05) is 12.8 Å². The van der Waals surface area contributed by atoms with Gasteiger partial charge in [-0.1, -0.05) is 0 Å². The van der Waals surface area contributed by atoms with Gasteiger partial charge in [-0.25, -0.2) is 4.79 Å². The van der Waals surface area contributed by atoms with Gasteiger partial charge in [-0.3, -0.25) is 4.79 Å². The third-order valence-electron chi connectivity index (χ3n) is 2.08. The second-order valence-electron chi connectivity index (χ2n) is 2.84. The van der Waals surface area contributed by atoms with E-state index < -0.39 is 11.9 Å². The molecule has 0 N–H and O–H groups in total. The predicted molar refractivity (Wildman–Crippen MR) is 33.8 cm³/mol. The van der Waals surface area contributed by atoms with Gasteiger partial charge in [0.1, 0.15) is 0 Å². The highest BCUT2D eigenvalue weighted by atomic mass is 16.9. The van der Waals surface area contributed by atoms with E-state index in [0.29, 0.717) is 12.8 Å². The second-order valence-corrected chi connectivity index (χ2v) is 2.84. The highest BCUT2D eigenvalue weighted by Gasteiger charge is 2.55. The quantitative estimate of drug-likeness (QED) is 0.491. The first kappa shape index (κ1) is 6.64. The molecule has 2 rings (SSSR count). The first-order chi connectivity index (χ1) is 5.23. The summed E-state index contributed by atoms with van der Waals surface area (Å²) in [4.78, 5) is 21.5. The number of hydrogen-bond acceptors (Lipinski definition) is 4. The summed E-state index contributed by atoms with van der Waals surface area (Å²) in [6.07, 6.45) is 2.03. The van der Waals surface area contributed by atoms with E-state index in [-0.39, 0.29) is 5.78 Å². The van der Waals surface area contributed by atoms with Crippen molar-refractivity contribution >= 4 is 11.9 Å². The summed E-state index contributed by atoms with van der Waals surface area (Å²) in [5, 5.41) is 0. The fourth-order valence-electron chi connectivity index (χ4n) is 1.47. The Bertz CT molecular complexity index is 212. The molecule has 0 bridgehead atoms. The minimum Gasteiger partial charge on any atom is -0.383 e. The van der Waals surface area contributed by atoms with Crippen molar-refractivity contribution in [1.82, 2.24) is 0 Å². The molecule has 0 radical (unpaired) electrons. The Balaban J connectivity index is 2.11. The molecule has 0 amide bonds. The average molecular weight is 156 g/mol. The zero-order valence-corrected chi connectivity index (χ0v) is 5.96. The van der Waals surface area contributed by atoms with Crippen LogP contribution in [0, 0.1) is 0 Å². The summed E-state index contributed by atoms with van der Waals surface area (Å²) in [6.45, 7) is 0. The Kier molecular flexibility index (Phi) is 1.19. The molecule has 0 aromatic heterocycles. The number of rotatable bonds is 0. The Morgan fingerprint density at radius 3 is 2.45 bits per heavy atom. The lowest BCUT2D eigenvalue weighted by Gasteiger charge is -2.40. The number of Topliss-reactive ketones (excluding diaryl/α,β-unsaturated/α-hetero) is 1. The van der Waals surface area contributed by atoms with Crippen LogP contribution in [0.4, 0.5) is 4.79 Å². The normalized spacial score (nSPS) is 27.3. The standard InChI is InChI=1S/C7H8O4/c8-5-3-1-2-4-7(5)10-6(9)11-7/h1-4H2. The van der Waals surface area contributed by atoms with Crippen molar-refractivity contribution in [3.8, 4) is 0 Å². The molecule has 1 spiro atoms. The third-order valence-corrected chi connectivity index (χ3v) is 2.08. The fraction of sp³-hybridized carbons (Fsp3) is 0.714. The maximum atomic E-state index is 11.1. The van der Waals surface area contributed by atoms with Crippen LogP contribution in [0.1, 0.15) is 25.7 Å². The molecule has 1 heterocycles. The summed E-state index contributed by atoms with van der Waals surface area (Å²) in [5.41, 5.74) is 0. The van der Waals surface area contributed by atoms with Crippen molar-refractivity contribution in [3.05, 3.63) is 0 Å². The van der Waals surface area contributed by atoms with Crippen molar-refractivity contribution in [1.29, 1.82) is 0 Å². The highest BCUT2D eigenvalue weighted by molar-refractivity contribution is 5.92. The van der Waals surface area contributed by atoms with E-state index in [2.05, 4.69) is 9.47 Å². The zero-order valence-electron chi connectivity index (χ0n) is 5.96.